The van der Waals surface area contributed by atoms with Crippen LogP contribution in [0.2, 0.25) is 0 Å². The van der Waals surface area contributed by atoms with Crippen molar-refractivity contribution in [3.63, 3.8) is 0 Å². The summed E-state index contributed by atoms with van der Waals surface area (Å²) in [5.74, 6) is 1.40. The number of hydrogen-bond donors (Lipinski definition) is 1. The van der Waals surface area contributed by atoms with E-state index in [9.17, 15) is 4.79 Å². The van der Waals surface area contributed by atoms with Crippen molar-refractivity contribution in [1.82, 2.24) is 4.98 Å². The minimum Gasteiger partial charge on any atom is -0.493 e. The number of amides is 1. The van der Waals surface area contributed by atoms with Gasteiger partial charge in [0, 0.05) is 17.5 Å². The van der Waals surface area contributed by atoms with Gasteiger partial charge in [0.1, 0.15) is 11.6 Å². The molecule has 0 aliphatic rings. The topological polar surface area (TPSA) is 51.2 Å². The zero-order chi connectivity index (χ0) is 16.8. The molecule has 3 rings (SSSR count). The number of fused-ring (bicyclic) bond motifs is 1. The maximum absolute atomic E-state index is 11.9. The number of nitrogens with zero attached hydrogens (tertiary/aromatic N) is 1. The number of rotatable bonds is 6. The van der Waals surface area contributed by atoms with Gasteiger partial charge < -0.3 is 10.1 Å². The lowest BCUT2D eigenvalue weighted by molar-refractivity contribution is -0.116. The second-order valence-electron chi connectivity index (χ2n) is 5.64. The maximum Gasteiger partial charge on any atom is 0.225 e. The quantitative estimate of drug-likeness (QED) is 0.687. The van der Waals surface area contributed by atoms with Gasteiger partial charge in [-0.3, -0.25) is 4.79 Å². The highest BCUT2D eigenvalue weighted by molar-refractivity contribution is 5.90. The van der Waals surface area contributed by atoms with Crippen LogP contribution in [0.25, 0.3) is 10.8 Å². The van der Waals surface area contributed by atoms with E-state index in [0.717, 1.165) is 22.2 Å². The predicted octanol–water partition coefficient (Wildman–Crippen LogP) is 4.34. The van der Waals surface area contributed by atoms with E-state index in [4.69, 9.17) is 4.74 Å². The highest BCUT2D eigenvalue weighted by atomic mass is 16.5. The molecule has 2 aromatic carbocycles. The van der Waals surface area contributed by atoms with Gasteiger partial charge in [-0.2, -0.15) is 0 Å². The Kier molecular flexibility index (Phi) is 5.06. The summed E-state index contributed by atoms with van der Waals surface area (Å²) in [6, 6.07) is 19.7. The lowest BCUT2D eigenvalue weighted by Crippen LogP contribution is -2.14. The summed E-state index contributed by atoms with van der Waals surface area (Å²) < 4.78 is 5.84. The molecule has 0 fully saturated rings. The molecule has 0 aliphatic carbocycles. The van der Waals surface area contributed by atoms with Crippen LogP contribution < -0.4 is 10.1 Å². The normalized spacial score (nSPS) is 10.5. The Morgan fingerprint density at radius 2 is 1.83 bits per heavy atom. The number of aromatic nitrogens is 1. The van der Waals surface area contributed by atoms with E-state index in [1.54, 1.807) is 6.07 Å². The van der Waals surface area contributed by atoms with Crippen molar-refractivity contribution >= 4 is 22.5 Å². The van der Waals surface area contributed by atoms with E-state index in [0.29, 0.717) is 25.3 Å². The molecule has 1 aromatic heterocycles. The highest BCUT2D eigenvalue weighted by Crippen LogP contribution is 2.25. The monoisotopic (exact) mass is 320 g/mol. The zero-order valence-corrected chi connectivity index (χ0v) is 13.7. The first-order chi connectivity index (χ1) is 11.7. The number of carbonyl (C=O) groups is 1. The van der Waals surface area contributed by atoms with Crippen molar-refractivity contribution in [3.8, 4) is 5.75 Å². The van der Waals surface area contributed by atoms with Crippen molar-refractivity contribution < 1.29 is 9.53 Å². The van der Waals surface area contributed by atoms with E-state index in [1.165, 1.54) is 0 Å². The zero-order valence-electron chi connectivity index (χ0n) is 13.7. The third-order valence-electron chi connectivity index (χ3n) is 3.71. The fourth-order valence-corrected chi connectivity index (χ4v) is 2.55. The van der Waals surface area contributed by atoms with E-state index in [-0.39, 0.29) is 5.91 Å². The third-order valence-corrected chi connectivity index (χ3v) is 3.71. The molecule has 0 unspecified atom stereocenters. The van der Waals surface area contributed by atoms with Gasteiger partial charge in [-0.05, 0) is 36.9 Å². The first-order valence-electron chi connectivity index (χ1n) is 8.06. The van der Waals surface area contributed by atoms with E-state index in [2.05, 4.69) is 22.4 Å². The smallest absolute Gasteiger partial charge is 0.225 e. The molecule has 1 amide bonds. The number of carbonyl (C=O) groups excluding carboxylic acids is 1. The van der Waals surface area contributed by atoms with Crippen molar-refractivity contribution in [2.45, 2.75) is 19.8 Å². The summed E-state index contributed by atoms with van der Waals surface area (Å²) in [5.41, 5.74) is 0.882. The molecule has 0 atom stereocenters. The fourth-order valence-electron chi connectivity index (χ4n) is 2.55. The average Bonchev–Trinajstić information content (AvgIpc) is 2.59. The molecule has 0 radical (unpaired) electrons. The summed E-state index contributed by atoms with van der Waals surface area (Å²) in [7, 11) is 0. The third kappa shape index (κ3) is 4.10. The molecular weight excluding hydrogens is 300 g/mol. The van der Waals surface area contributed by atoms with Gasteiger partial charge in [-0.1, -0.05) is 42.5 Å². The largest absolute Gasteiger partial charge is 0.493 e. The molecule has 1 N–H and O–H groups in total. The van der Waals surface area contributed by atoms with Gasteiger partial charge in [0.15, 0.2) is 0 Å². The Hall–Kier alpha value is -2.88. The second kappa shape index (κ2) is 7.59. The molecule has 122 valence electrons. The van der Waals surface area contributed by atoms with Crippen LogP contribution in [0, 0.1) is 6.92 Å². The van der Waals surface area contributed by atoms with E-state index < -0.39 is 0 Å². The summed E-state index contributed by atoms with van der Waals surface area (Å²) in [5, 5.41) is 5.05. The Morgan fingerprint density at radius 3 is 2.71 bits per heavy atom. The molecular formula is C20H20N2O2. The Balaban J connectivity index is 1.49. The fraction of sp³-hybridized carbons (Fsp3) is 0.200. The summed E-state index contributed by atoms with van der Waals surface area (Å²) in [6.07, 6.45) is 1.06. The molecule has 0 aliphatic heterocycles. The number of nitrogens with one attached hydrogen (secondary N) is 1. The van der Waals surface area contributed by atoms with Crippen LogP contribution >= 0.6 is 0 Å². The van der Waals surface area contributed by atoms with Crippen LogP contribution in [0.4, 0.5) is 5.82 Å². The van der Waals surface area contributed by atoms with Gasteiger partial charge in [0.05, 0.1) is 6.61 Å². The minimum absolute atomic E-state index is 0.0466. The molecule has 4 heteroatoms. The number of benzene rings is 2. The lowest BCUT2D eigenvalue weighted by Gasteiger charge is -2.09. The number of hydrogen-bond acceptors (Lipinski definition) is 3. The van der Waals surface area contributed by atoms with Gasteiger partial charge in [0.25, 0.3) is 0 Å². The average molecular weight is 320 g/mol. The maximum atomic E-state index is 11.9. The number of anilines is 1. The second-order valence-corrected chi connectivity index (χ2v) is 5.64. The molecule has 0 saturated carbocycles. The van der Waals surface area contributed by atoms with Crippen molar-refractivity contribution in [2.24, 2.45) is 0 Å². The number of aryl methyl sites for hydroxylation is 1. The Bertz CT molecular complexity index is 840. The predicted molar refractivity (Wildman–Crippen MR) is 96.3 cm³/mol. The molecule has 24 heavy (non-hydrogen) atoms. The van der Waals surface area contributed by atoms with Crippen molar-refractivity contribution in [1.29, 1.82) is 0 Å². The summed E-state index contributed by atoms with van der Waals surface area (Å²) in [6.45, 7) is 2.40. The highest BCUT2D eigenvalue weighted by Gasteiger charge is 2.05. The molecule has 3 aromatic rings. The first-order valence-corrected chi connectivity index (χ1v) is 8.06. The first kappa shape index (κ1) is 16.0. The van der Waals surface area contributed by atoms with Crippen LogP contribution in [-0.4, -0.2) is 17.5 Å². The van der Waals surface area contributed by atoms with Crippen LogP contribution in [0.5, 0.6) is 5.75 Å². The Labute approximate surface area is 141 Å². The summed E-state index contributed by atoms with van der Waals surface area (Å²) in [4.78, 5) is 16.2. The molecule has 4 nitrogen and oxygen atoms in total. The minimum atomic E-state index is -0.0466. The van der Waals surface area contributed by atoms with Crippen LogP contribution in [0.1, 0.15) is 18.5 Å². The van der Waals surface area contributed by atoms with E-state index >= 15 is 0 Å². The van der Waals surface area contributed by atoms with Gasteiger partial charge in [-0.15, -0.1) is 0 Å². The molecule has 0 saturated heterocycles. The molecule has 1 heterocycles. The summed E-state index contributed by atoms with van der Waals surface area (Å²) >= 11 is 0. The van der Waals surface area contributed by atoms with Gasteiger partial charge >= 0.3 is 0 Å². The van der Waals surface area contributed by atoms with Gasteiger partial charge in [0.2, 0.25) is 5.91 Å². The SMILES string of the molecule is Cc1cccc(NC(=O)CCCOc2cccc3ccccc23)n1. The van der Waals surface area contributed by atoms with E-state index in [1.807, 2.05) is 49.4 Å². The number of ether oxygens (including phenoxy) is 1. The lowest BCUT2D eigenvalue weighted by atomic mass is 10.1. The molecule has 0 spiro atoms. The Morgan fingerprint density at radius 1 is 1.04 bits per heavy atom. The van der Waals surface area contributed by atoms with Crippen molar-refractivity contribution in [2.75, 3.05) is 11.9 Å². The van der Waals surface area contributed by atoms with Crippen LogP contribution in [0.3, 0.4) is 0 Å². The standard InChI is InChI=1S/C20H20N2O2/c1-15-7-4-12-19(21-15)22-20(23)13-6-14-24-18-11-5-9-16-8-2-3-10-17(16)18/h2-5,7-12H,6,13-14H2,1H3,(H,21,22,23). The number of pyridine rings is 1. The van der Waals surface area contributed by atoms with Crippen LogP contribution in [0.15, 0.2) is 60.7 Å². The van der Waals surface area contributed by atoms with Gasteiger partial charge in [-0.25, -0.2) is 4.98 Å². The molecule has 0 bridgehead atoms. The van der Waals surface area contributed by atoms with Crippen molar-refractivity contribution in [3.05, 3.63) is 66.4 Å². The van der Waals surface area contributed by atoms with Crippen LogP contribution in [-0.2, 0) is 4.79 Å².